The molecule has 3 heterocycles. The summed E-state index contributed by atoms with van der Waals surface area (Å²) in [5, 5.41) is 13.0. The largest absolute Gasteiger partial charge is 0.390 e. The van der Waals surface area contributed by atoms with E-state index in [0.29, 0.717) is 12.2 Å². The van der Waals surface area contributed by atoms with Gasteiger partial charge in [-0.3, -0.25) is 4.79 Å². The van der Waals surface area contributed by atoms with Crippen molar-refractivity contribution in [1.29, 1.82) is 0 Å². The fraction of sp³-hybridized carbons (Fsp3) is 0.125. The Bertz CT molecular complexity index is 867. The van der Waals surface area contributed by atoms with Crippen LogP contribution in [0.2, 0.25) is 0 Å². The van der Waals surface area contributed by atoms with Crippen molar-refractivity contribution in [3.8, 4) is 11.1 Å². The third kappa shape index (κ3) is 1.82. The Kier molecular flexibility index (Phi) is 2.55. The summed E-state index contributed by atoms with van der Waals surface area (Å²) in [7, 11) is 0. The number of nitrogens with zero attached hydrogens (tertiary/aromatic N) is 1. The Morgan fingerprint density at radius 3 is 2.95 bits per heavy atom. The van der Waals surface area contributed by atoms with Crippen LogP contribution in [0.25, 0.3) is 22.2 Å². The predicted octanol–water partition coefficient (Wildman–Crippen LogP) is 1.97. The van der Waals surface area contributed by atoms with Gasteiger partial charge in [0.2, 0.25) is 0 Å². The smallest absolute Gasteiger partial charge is 0.251 e. The van der Waals surface area contributed by atoms with E-state index < -0.39 is 0 Å². The molecule has 1 aliphatic rings. The van der Waals surface area contributed by atoms with Gasteiger partial charge in [-0.25, -0.2) is 4.98 Å². The summed E-state index contributed by atoms with van der Waals surface area (Å²) < 4.78 is 0. The van der Waals surface area contributed by atoms with Gasteiger partial charge in [0.05, 0.1) is 12.3 Å². The molecule has 3 aromatic rings. The molecule has 1 amide bonds. The Labute approximate surface area is 120 Å². The number of hydrogen-bond donors (Lipinski definition) is 3. The number of aliphatic hydroxyl groups is 1. The summed E-state index contributed by atoms with van der Waals surface area (Å²) >= 11 is 0. The van der Waals surface area contributed by atoms with E-state index in [4.69, 9.17) is 5.11 Å². The van der Waals surface area contributed by atoms with Crippen molar-refractivity contribution in [2.24, 2.45) is 0 Å². The molecule has 0 bridgehead atoms. The number of hydrogen-bond acceptors (Lipinski definition) is 3. The van der Waals surface area contributed by atoms with Gasteiger partial charge < -0.3 is 15.4 Å². The third-order valence-electron chi connectivity index (χ3n) is 3.86. The van der Waals surface area contributed by atoms with E-state index in [0.717, 1.165) is 33.3 Å². The van der Waals surface area contributed by atoms with Crippen LogP contribution in [0.1, 0.15) is 21.6 Å². The molecule has 0 spiro atoms. The minimum Gasteiger partial charge on any atom is -0.390 e. The van der Waals surface area contributed by atoms with E-state index in [1.54, 1.807) is 0 Å². The van der Waals surface area contributed by atoms with Crippen LogP contribution < -0.4 is 5.32 Å². The number of nitrogens with one attached hydrogen (secondary N) is 2. The summed E-state index contributed by atoms with van der Waals surface area (Å²) in [6, 6.07) is 9.62. The maximum Gasteiger partial charge on any atom is 0.251 e. The lowest BCUT2D eigenvalue weighted by molar-refractivity contribution is 0.0966. The summed E-state index contributed by atoms with van der Waals surface area (Å²) in [6.45, 7) is 0.508. The van der Waals surface area contributed by atoms with Crippen LogP contribution >= 0.6 is 0 Å². The SMILES string of the molecule is O=C1NCc2cc(-c3c[nH]c4nc(CO)ccc34)ccc21. The van der Waals surface area contributed by atoms with E-state index in [-0.39, 0.29) is 12.5 Å². The number of aromatic amines is 1. The minimum absolute atomic E-state index is 0.00951. The van der Waals surface area contributed by atoms with Crippen LogP contribution in [-0.2, 0) is 13.2 Å². The highest BCUT2D eigenvalue weighted by molar-refractivity contribution is 6.00. The Morgan fingerprint density at radius 2 is 2.10 bits per heavy atom. The second-order valence-corrected chi connectivity index (χ2v) is 5.11. The van der Waals surface area contributed by atoms with E-state index in [1.807, 2.05) is 36.5 Å². The van der Waals surface area contributed by atoms with Crippen molar-refractivity contribution >= 4 is 16.9 Å². The van der Waals surface area contributed by atoms with Crippen LogP contribution in [0.3, 0.4) is 0 Å². The van der Waals surface area contributed by atoms with Crippen LogP contribution in [0.4, 0.5) is 0 Å². The number of rotatable bonds is 2. The van der Waals surface area contributed by atoms with Crippen molar-refractivity contribution in [3.05, 3.63) is 53.3 Å². The van der Waals surface area contributed by atoms with Crippen LogP contribution in [0.15, 0.2) is 36.5 Å². The lowest BCUT2D eigenvalue weighted by Crippen LogP contribution is -2.12. The first-order valence-electron chi connectivity index (χ1n) is 6.75. The molecule has 3 N–H and O–H groups in total. The predicted molar refractivity (Wildman–Crippen MR) is 78.6 cm³/mol. The molecule has 0 saturated carbocycles. The summed E-state index contributed by atoms with van der Waals surface area (Å²) in [6.07, 6.45) is 1.91. The van der Waals surface area contributed by atoms with Gasteiger partial charge in [-0.1, -0.05) is 6.07 Å². The molecule has 104 valence electrons. The lowest BCUT2D eigenvalue weighted by atomic mass is 10.0. The van der Waals surface area contributed by atoms with Gasteiger partial charge in [0.1, 0.15) is 5.65 Å². The number of aliphatic hydroxyl groups excluding tert-OH is 1. The number of H-pyrrole nitrogens is 1. The molecule has 21 heavy (non-hydrogen) atoms. The second kappa shape index (κ2) is 4.43. The zero-order valence-corrected chi connectivity index (χ0v) is 11.2. The molecule has 0 atom stereocenters. The fourth-order valence-electron chi connectivity index (χ4n) is 2.77. The van der Waals surface area contributed by atoms with Gasteiger partial charge in [-0.2, -0.15) is 0 Å². The standard InChI is InChI=1S/C16H13N3O2/c20-8-11-2-4-13-14(7-17-15(13)19-11)9-1-3-12-10(5-9)6-18-16(12)21/h1-5,7,20H,6,8H2,(H,17,19)(H,18,21). The highest BCUT2D eigenvalue weighted by Gasteiger charge is 2.19. The highest BCUT2D eigenvalue weighted by atomic mass is 16.3. The van der Waals surface area contributed by atoms with Gasteiger partial charge >= 0.3 is 0 Å². The van der Waals surface area contributed by atoms with E-state index in [2.05, 4.69) is 15.3 Å². The highest BCUT2D eigenvalue weighted by Crippen LogP contribution is 2.30. The van der Waals surface area contributed by atoms with Crippen LogP contribution in [0, 0.1) is 0 Å². The summed E-state index contributed by atoms with van der Waals surface area (Å²) in [5.41, 5.74) is 5.26. The summed E-state index contributed by atoms with van der Waals surface area (Å²) in [5.74, 6) is -0.00951. The van der Waals surface area contributed by atoms with Gasteiger partial charge in [0, 0.05) is 29.3 Å². The molecule has 5 heteroatoms. The molecule has 0 fully saturated rings. The Morgan fingerprint density at radius 1 is 1.19 bits per heavy atom. The molecular weight excluding hydrogens is 266 g/mol. The first-order chi connectivity index (χ1) is 10.3. The van der Waals surface area contributed by atoms with Crippen molar-refractivity contribution in [3.63, 3.8) is 0 Å². The molecule has 0 radical (unpaired) electrons. The van der Waals surface area contributed by atoms with Crippen molar-refractivity contribution in [2.45, 2.75) is 13.2 Å². The molecule has 0 saturated heterocycles. The van der Waals surface area contributed by atoms with E-state index in [1.165, 1.54) is 0 Å². The average Bonchev–Trinajstić information content (AvgIpc) is 3.10. The monoisotopic (exact) mass is 279 g/mol. The lowest BCUT2D eigenvalue weighted by Gasteiger charge is -2.03. The first kappa shape index (κ1) is 12.1. The normalized spacial score (nSPS) is 13.5. The second-order valence-electron chi connectivity index (χ2n) is 5.11. The molecule has 2 aromatic heterocycles. The Balaban J connectivity index is 1.85. The number of amides is 1. The fourth-order valence-corrected chi connectivity index (χ4v) is 2.77. The van der Waals surface area contributed by atoms with Gasteiger partial charge in [0.15, 0.2) is 0 Å². The average molecular weight is 279 g/mol. The van der Waals surface area contributed by atoms with Crippen LogP contribution in [-0.4, -0.2) is 21.0 Å². The molecule has 0 aliphatic carbocycles. The van der Waals surface area contributed by atoms with Crippen molar-refractivity contribution in [1.82, 2.24) is 15.3 Å². The van der Waals surface area contributed by atoms with Crippen molar-refractivity contribution < 1.29 is 9.90 Å². The van der Waals surface area contributed by atoms with E-state index >= 15 is 0 Å². The van der Waals surface area contributed by atoms with Gasteiger partial charge in [-0.05, 0) is 35.4 Å². The van der Waals surface area contributed by atoms with Crippen LogP contribution in [0.5, 0.6) is 0 Å². The zero-order valence-electron chi connectivity index (χ0n) is 11.2. The van der Waals surface area contributed by atoms with E-state index in [9.17, 15) is 4.79 Å². The van der Waals surface area contributed by atoms with Gasteiger partial charge in [-0.15, -0.1) is 0 Å². The molecule has 1 aliphatic heterocycles. The number of carbonyl (C=O) groups is 1. The third-order valence-corrected chi connectivity index (χ3v) is 3.86. The molecule has 4 rings (SSSR count). The van der Waals surface area contributed by atoms with Gasteiger partial charge in [0.25, 0.3) is 5.91 Å². The maximum absolute atomic E-state index is 11.6. The Hall–Kier alpha value is -2.66. The number of aromatic nitrogens is 2. The van der Waals surface area contributed by atoms with Crippen molar-refractivity contribution in [2.75, 3.05) is 0 Å². The molecular formula is C16H13N3O2. The topological polar surface area (TPSA) is 78.0 Å². The first-order valence-corrected chi connectivity index (χ1v) is 6.75. The molecule has 1 aromatic carbocycles. The number of fused-ring (bicyclic) bond motifs is 2. The summed E-state index contributed by atoms with van der Waals surface area (Å²) in [4.78, 5) is 19.1. The quantitative estimate of drug-likeness (QED) is 0.671. The number of carbonyl (C=O) groups excluding carboxylic acids is 1. The zero-order chi connectivity index (χ0) is 14.4. The minimum atomic E-state index is -0.0725. The molecule has 0 unspecified atom stereocenters. The molecule has 5 nitrogen and oxygen atoms in total. The number of pyridine rings is 1. The maximum atomic E-state index is 11.6. The number of benzene rings is 1.